The molecule has 0 rings (SSSR count). The normalized spacial score (nSPS) is 12.8. The van der Waals surface area contributed by atoms with Gasteiger partial charge in [-0.2, -0.15) is 0 Å². The van der Waals surface area contributed by atoms with E-state index in [4.69, 9.17) is 9.47 Å². The molecule has 0 fully saturated rings. The van der Waals surface area contributed by atoms with E-state index in [1.807, 2.05) is 33.8 Å². The van der Waals surface area contributed by atoms with Gasteiger partial charge >= 0.3 is 11.9 Å². The Morgan fingerprint density at radius 1 is 0.920 bits per heavy atom. The van der Waals surface area contributed by atoms with Crippen molar-refractivity contribution in [3.63, 3.8) is 0 Å². The van der Waals surface area contributed by atoms with Crippen LogP contribution in [0.2, 0.25) is 0 Å². The maximum atomic E-state index is 11.2. The minimum Gasteiger partial charge on any atom is -0.466 e. The molecule has 25 heavy (non-hydrogen) atoms. The van der Waals surface area contributed by atoms with E-state index in [1.54, 1.807) is 39.8 Å². The van der Waals surface area contributed by atoms with Crippen molar-refractivity contribution in [2.75, 3.05) is 13.2 Å². The summed E-state index contributed by atoms with van der Waals surface area (Å²) in [4.78, 5) is 22.2. The quantitative estimate of drug-likeness (QED) is 0.324. The predicted octanol–water partition coefficient (Wildman–Crippen LogP) is 3.97. The number of aliphatic hydroxyl groups is 1. The van der Waals surface area contributed by atoms with Gasteiger partial charge in [0.1, 0.15) is 0 Å². The zero-order chi connectivity index (χ0) is 20.0. The highest BCUT2D eigenvalue weighted by Crippen LogP contribution is 2.08. The number of ether oxygens (including phenoxy) is 2. The van der Waals surface area contributed by atoms with Gasteiger partial charge in [-0.3, -0.25) is 4.79 Å². The van der Waals surface area contributed by atoms with E-state index in [2.05, 4.69) is 0 Å². The zero-order valence-corrected chi connectivity index (χ0v) is 16.9. The highest BCUT2D eigenvalue weighted by molar-refractivity contribution is 5.88. The van der Waals surface area contributed by atoms with E-state index in [1.165, 1.54) is 5.57 Å². The van der Waals surface area contributed by atoms with Crippen molar-refractivity contribution in [1.82, 2.24) is 0 Å². The van der Waals surface area contributed by atoms with Crippen LogP contribution in [0, 0.1) is 5.92 Å². The Morgan fingerprint density at radius 3 is 1.84 bits per heavy atom. The number of hydrogen-bond donors (Lipinski definition) is 1. The summed E-state index contributed by atoms with van der Waals surface area (Å²) in [7, 11) is 0. The number of esters is 2. The molecule has 0 heterocycles. The maximum Gasteiger partial charge on any atom is 0.333 e. The number of allylic oxidation sites excluding steroid dienone is 4. The second kappa shape index (κ2) is 14.5. The molecule has 2 atom stereocenters. The summed E-state index contributed by atoms with van der Waals surface area (Å²) >= 11 is 0. The second-order valence-electron chi connectivity index (χ2n) is 6.09. The molecule has 0 aromatic rings. The van der Waals surface area contributed by atoms with E-state index in [9.17, 15) is 14.7 Å². The number of aliphatic hydroxyl groups excluding tert-OH is 1. The molecule has 0 aliphatic carbocycles. The van der Waals surface area contributed by atoms with Gasteiger partial charge in [0.2, 0.25) is 0 Å². The minimum absolute atomic E-state index is 0.241. The number of carbonyl (C=O) groups is 2. The van der Waals surface area contributed by atoms with Gasteiger partial charge in [0.05, 0.1) is 25.2 Å². The van der Waals surface area contributed by atoms with Gasteiger partial charge in [-0.15, -0.1) is 0 Å². The van der Waals surface area contributed by atoms with E-state index in [-0.39, 0.29) is 11.9 Å². The molecule has 0 aliphatic rings. The van der Waals surface area contributed by atoms with E-state index < -0.39 is 12.0 Å². The molecule has 0 saturated heterocycles. The highest BCUT2D eigenvalue weighted by atomic mass is 16.5. The summed E-state index contributed by atoms with van der Waals surface area (Å²) < 4.78 is 9.58. The lowest BCUT2D eigenvalue weighted by atomic mass is 10.0. The lowest BCUT2D eigenvalue weighted by Crippen LogP contribution is -2.26. The van der Waals surface area contributed by atoms with Crippen molar-refractivity contribution in [1.29, 1.82) is 0 Å². The van der Waals surface area contributed by atoms with Crippen molar-refractivity contribution in [2.45, 2.75) is 61.5 Å². The minimum atomic E-state index is -0.746. The van der Waals surface area contributed by atoms with Gasteiger partial charge < -0.3 is 14.6 Å². The van der Waals surface area contributed by atoms with Crippen molar-refractivity contribution < 1.29 is 24.2 Å². The zero-order valence-electron chi connectivity index (χ0n) is 16.9. The van der Waals surface area contributed by atoms with E-state index >= 15 is 0 Å². The van der Waals surface area contributed by atoms with Gasteiger partial charge in [-0.1, -0.05) is 29.4 Å². The van der Waals surface area contributed by atoms with E-state index in [0.717, 1.165) is 5.57 Å². The smallest absolute Gasteiger partial charge is 0.333 e. The molecule has 0 aliphatic heterocycles. The first-order valence-electron chi connectivity index (χ1n) is 8.55. The topological polar surface area (TPSA) is 72.8 Å². The van der Waals surface area contributed by atoms with Crippen LogP contribution in [-0.4, -0.2) is 36.4 Å². The van der Waals surface area contributed by atoms with Crippen LogP contribution in [0.1, 0.15) is 55.4 Å². The number of carbonyl (C=O) groups excluding carboxylic acids is 2. The van der Waals surface area contributed by atoms with Gasteiger partial charge in [0.15, 0.2) is 0 Å². The summed E-state index contributed by atoms with van der Waals surface area (Å²) in [6.45, 7) is 15.4. The molecule has 2 unspecified atom stereocenters. The Balaban J connectivity index is 0. The Kier molecular flexibility index (Phi) is 14.7. The lowest BCUT2D eigenvalue weighted by molar-refractivity contribution is -0.150. The van der Waals surface area contributed by atoms with Crippen molar-refractivity contribution >= 4 is 11.9 Å². The molecule has 0 aromatic heterocycles. The SMILES string of the molecule is CCOC(=O)/C(C)=C/C=C(C)C.CCOC(=O)C(C)C(O)C=C(C)C. The van der Waals surface area contributed by atoms with Crippen LogP contribution in [0.5, 0.6) is 0 Å². The van der Waals surface area contributed by atoms with Crippen LogP contribution in [0.4, 0.5) is 0 Å². The maximum absolute atomic E-state index is 11.2. The first-order valence-corrected chi connectivity index (χ1v) is 8.55. The molecular weight excluding hydrogens is 320 g/mol. The number of hydrogen-bond acceptors (Lipinski definition) is 5. The average molecular weight is 354 g/mol. The highest BCUT2D eigenvalue weighted by Gasteiger charge is 2.20. The van der Waals surface area contributed by atoms with E-state index in [0.29, 0.717) is 18.8 Å². The van der Waals surface area contributed by atoms with Gasteiger partial charge in [-0.25, -0.2) is 4.79 Å². The van der Waals surface area contributed by atoms with Crippen LogP contribution in [-0.2, 0) is 19.1 Å². The molecule has 0 bridgehead atoms. The Bertz CT molecular complexity index is 492. The Morgan fingerprint density at radius 2 is 1.44 bits per heavy atom. The summed E-state index contributed by atoms with van der Waals surface area (Å²) in [6.07, 6.45) is 4.57. The molecular formula is C20H34O5. The standard InChI is InChI=1S/C10H18O3.C10H16O2/c1-5-13-10(12)8(4)9(11)6-7(2)3;1-5-12-10(11)9(4)7-6-8(2)3/h6,8-9,11H,5H2,1-4H3;6-7H,5H2,1-4H3/b;9-7+. The van der Waals surface area contributed by atoms with Gasteiger partial charge in [0, 0.05) is 5.57 Å². The first-order chi connectivity index (χ1) is 11.6. The predicted molar refractivity (Wildman–Crippen MR) is 101 cm³/mol. The molecule has 0 spiro atoms. The first kappa shape index (κ1) is 25.4. The lowest BCUT2D eigenvalue weighted by Gasteiger charge is -2.14. The van der Waals surface area contributed by atoms with Crippen molar-refractivity contribution in [2.24, 2.45) is 5.92 Å². The monoisotopic (exact) mass is 354 g/mol. The fourth-order valence-corrected chi connectivity index (χ4v) is 1.50. The van der Waals surface area contributed by atoms with Crippen molar-refractivity contribution in [3.05, 3.63) is 34.9 Å². The third-order valence-electron chi connectivity index (χ3n) is 2.94. The van der Waals surface area contributed by atoms with Crippen LogP contribution < -0.4 is 0 Å². The third-order valence-corrected chi connectivity index (χ3v) is 2.94. The van der Waals surface area contributed by atoms with Crippen LogP contribution in [0.25, 0.3) is 0 Å². The van der Waals surface area contributed by atoms with Crippen LogP contribution >= 0.6 is 0 Å². The molecule has 144 valence electrons. The van der Waals surface area contributed by atoms with Crippen LogP contribution in [0.15, 0.2) is 34.9 Å². The molecule has 0 amide bonds. The number of rotatable bonds is 7. The summed E-state index contributed by atoms with van der Waals surface area (Å²) in [5.74, 6) is -1.09. The second-order valence-corrected chi connectivity index (χ2v) is 6.09. The van der Waals surface area contributed by atoms with Crippen molar-refractivity contribution in [3.8, 4) is 0 Å². The molecule has 0 aromatic carbocycles. The Labute approximate surface area is 152 Å². The van der Waals surface area contributed by atoms with Gasteiger partial charge in [-0.05, 0) is 55.4 Å². The molecule has 1 N–H and O–H groups in total. The van der Waals surface area contributed by atoms with Crippen LogP contribution in [0.3, 0.4) is 0 Å². The average Bonchev–Trinajstić information content (AvgIpc) is 2.52. The molecule has 0 radical (unpaired) electrons. The fraction of sp³-hybridized carbons (Fsp3) is 0.600. The fourth-order valence-electron chi connectivity index (χ4n) is 1.50. The largest absolute Gasteiger partial charge is 0.466 e. The summed E-state index contributed by atoms with van der Waals surface area (Å²) in [5.41, 5.74) is 2.79. The molecule has 5 heteroatoms. The Hall–Kier alpha value is -1.88. The molecule has 0 saturated carbocycles. The summed E-state index contributed by atoms with van der Waals surface area (Å²) in [5, 5.41) is 9.51. The van der Waals surface area contributed by atoms with Gasteiger partial charge in [0.25, 0.3) is 0 Å². The summed E-state index contributed by atoms with van der Waals surface area (Å²) in [6, 6.07) is 0. The third kappa shape index (κ3) is 14.2. The molecule has 5 nitrogen and oxygen atoms in total.